The van der Waals surface area contributed by atoms with Crippen molar-refractivity contribution in [3.05, 3.63) is 81.5 Å². The number of thiophene rings is 1. The average molecular weight is 477 g/mol. The highest BCUT2D eigenvalue weighted by molar-refractivity contribution is 7.10. The second-order valence-electron chi connectivity index (χ2n) is 8.77. The van der Waals surface area contributed by atoms with Crippen LogP contribution in [-0.4, -0.2) is 48.9 Å². The van der Waals surface area contributed by atoms with Gasteiger partial charge in [-0.25, -0.2) is 0 Å². The zero-order chi connectivity index (χ0) is 23.7. The molecular weight excluding hydrogens is 448 g/mol. The molecular formula is C27H28N2O4S. The third kappa shape index (κ3) is 4.16. The third-order valence-electron chi connectivity index (χ3n) is 6.75. The summed E-state index contributed by atoms with van der Waals surface area (Å²) in [5, 5.41) is 2.04. The van der Waals surface area contributed by atoms with E-state index in [-0.39, 0.29) is 30.2 Å². The van der Waals surface area contributed by atoms with Crippen molar-refractivity contribution in [1.29, 1.82) is 0 Å². The quantitative estimate of drug-likeness (QED) is 0.533. The van der Waals surface area contributed by atoms with Gasteiger partial charge in [-0.05, 0) is 46.7 Å². The maximum atomic E-state index is 13.8. The van der Waals surface area contributed by atoms with Gasteiger partial charge in [0.2, 0.25) is 11.8 Å². The van der Waals surface area contributed by atoms with Crippen LogP contribution in [0.3, 0.4) is 0 Å². The van der Waals surface area contributed by atoms with Crippen LogP contribution < -0.4 is 9.47 Å². The van der Waals surface area contributed by atoms with Crippen molar-refractivity contribution in [2.45, 2.75) is 25.4 Å². The van der Waals surface area contributed by atoms with Crippen LogP contribution in [0.15, 0.2) is 60.0 Å². The lowest BCUT2D eigenvalue weighted by molar-refractivity contribution is -0.137. The Labute approximate surface area is 203 Å². The van der Waals surface area contributed by atoms with Crippen molar-refractivity contribution < 1.29 is 19.1 Å². The number of ether oxygens (including phenoxy) is 2. The molecule has 0 N–H and O–H groups in total. The largest absolute Gasteiger partial charge is 0.493 e. The fourth-order valence-corrected chi connectivity index (χ4v) is 5.92. The summed E-state index contributed by atoms with van der Waals surface area (Å²) >= 11 is 1.64. The van der Waals surface area contributed by atoms with Crippen LogP contribution in [0.25, 0.3) is 0 Å². The molecule has 5 rings (SSSR count). The van der Waals surface area contributed by atoms with Crippen LogP contribution in [0, 0.1) is 5.92 Å². The van der Waals surface area contributed by atoms with Gasteiger partial charge in [-0.1, -0.05) is 36.4 Å². The molecule has 7 heteroatoms. The van der Waals surface area contributed by atoms with Gasteiger partial charge in [0.1, 0.15) is 0 Å². The molecule has 0 radical (unpaired) electrons. The standard InChI is InChI=1S/C27H28N2O4S/c1-32-22-13-19-10-11-29(26(24-9-6-12-34-24)21(19)15-23(22)33-2)27(31)20-14-25(30)28(17-20)16-18-7-4-3-5-8-18/h3-9,12-13,15,20,26H,10-11,14,16-17H2,1-2H3. The first-order chi connectivity index (χ1) is 16.6. The molecule has 0 spiro atoms. The molecule has 2 aliphatic heterocycles. The van der Waals surface area contributed by atoms with E-state index in [1.807, 2.05) is 63.7 Å². The van der Waals surface area contributed by atoms with Crippen molar-refractivity contribution in [1.82, 2.24) is 9.80 Å². The van der Waals surface area contributed by atoms with E-state index in [0.29, 0.717) is 31.1 Å². The maximum Gasteiger partial charge on any atom is 0.228 e. The van der Waals surface area contributed by atoms with Crippen molar-refractivity contribution >= 4 is 23.2 Å². The Morgan fingerprint density at radius 3 is 2.53 bits per heavy atom. The van der Waals surface area contributed by atoms with Gasteiger partial charge in [0.05, 0.1) is 26.2 Å². The Morgan fingerprint density at radius 1 is 1.06 bits per heavy atom. The van der Waals surface area contributed by atoms with Gasteiger partial charge in [0.15, 0.2) is 11.5 Å². The number of hydrogen-bond acceptors (Lipinski definition) is 5. The molecule has 176 valence electrons. The second kappa shape index (κ2) is 9.50. The number of rotatable bonds is 6. The number of carbonyl (C=O) groups is 2. The summed E-state index contributed by atoms with van der Waals surface area (Å²) in [6.07, 6.45) is 0.996. The highest BCUT2D eigenvalue weighted by Crippen LogP contribution is 2.43. The van der Waals surface area contributed by atoms with Gasteiger partial charge in [0, 0.05) is 30.9 Å². The van der Waals surface area contributed by atoms with E-state index < -0.39 is 0 Å². The molecule has 0 aliphatic carbocycles. The third-order valence-corrected chi connectivity index (χ3v) is 7.67. The summed E-state index contributed by atoms with van der Waals surface area (Å²) < 4.78 is 11.1. The maximum absolute atomic E-state index is 13.8. The van der Waals surface area contributed by atoms with Gasteiger partial charge in [-0.2, -0.15) is 0 Å². The predicted octanol–water partition coefficient (Wildman–Crippen LogP) is 4.29. The van der Waals surface area contributed by atoms with Crippen LogP contribution in [-0.2, 0) is 22.6 Å². The van der Waals surface area contributed by atoms with Gasteiger partial charge in [0.25, 0.3) is 0 Å². The summed E-state index contributed by atoms with van der Waals surface area (Å²) in [4.78, 5) is 31.5. The number of hydrogen-bond donors (Lipinski definition) is 0. The highest BCUT2D eigenvalue weighted by Gasteiger charge is 2.41. The molecule has 2 atom stereocenters. The highest BCUT2D eigenvalue weighted by atomic mass is 32.1. The Kier molecular flexibility index (Phi) is 6.28. The van der Waals surface area contributed by atoms with Crippen molar-refractivity contribution in [3.8, 4) is 11.5 Å². The van der Waals surface area contributed by atoms with Crippen molar-refractivity contribution in [2.24, 2.45) is 5.92 Å². The molecule has 2 aromatic carbocycles. The number of amides is 2. The number of likely N-dealkylation sites (tertiary alicyclic amines) is 1. The summed E-state index contributed by atoms with van der Waals surface area (Å²) in [5.74, 6) is 1.10. The number of methoxy groups -OCH3 is 2. The van der Waals surface area contributed by atoms with E-state index in [2.05, 4.69) is 6.07 Å². The normalized spacial score (nSPS) is 19.8. The van der Waals surface area contributed by atoms with Gasteiger partial charge >= 0.3 is 0 Å². The Morgan fingerprint density at radius 2 is 1.82 bits per heavy atom. The minimum atomic E-state index is -0.333. The molecule has 6 nitrogen and oxygen atoms in total. The van der Waals surface area contributed by atoms with Crippen molar-refractivity contribution in [2.75, 3.05) is 27.3 Å². The summed E-state index contributed by atoms with van der Waals surface area (Å²) in [7, 11) is 3.26. The molecule has 2 amide bonds. The SMILES string of the molecule is COc1cc2c(cc1OC)C(c1cccs1)N(C(=O)C1CC(=O)N(Cc3ccccc3)C1)CC2. The average Bonchev–Trinajstić information content (AvgIpc) is 3.53. The molecule has 2 unspecified atom stereocenters. The fraction of sp³-hybridized carbons (Fsp3) is 0.333. The monoisotopic (exact) mass is 476 g/mol. The van der Waals surface area contributed by atoms with Gasteiger partial charge < -0.3 is 19.3 Å². The molecule has 3 heterocycles. The number of carbonyl (C=O) groups excluding carboxylic acids is 2. The van der Waals surface area contributed by atoms with Crippen LogP contribution >= 0.6 is 11.3 Å². The second-order valence-corrected chi connectivity index (χ2v) is 9.75. The Bertz CT molecular complexity index is 1180. The van der Waals surface area contributed by atoms with Crippen LogP contribution in [0.1, 0.15) is 34.0 Å². The summed E-state index contributed by atoms with van der Waals surface area (Å²) in [5.41, 5.74) is 3.30. The predicted molar refractivity (Wildman–Crippen MR) is 131 cm³/mol. The van der Waals surface area contributed by atoms with E-state index in [9.17, 15) is 9.59 Å². The zero-order valence-corrected chi connectivity index (χ0v) is 20.2. The van der Waals surface area contributed by atoms with E-state index in [1.54, 1.807) is 25.6 Å². The lowest BCUT2D eigenvalue weighted by Gasteiger charge is -2.38. The topological polar surface area (TPSA) is 59.1 Å². The summed E-state index contributed by atoms with van der Waals surface area (Å²) in [6.45, 7) is 1.60. The summed E-state index contributed by atoms with van der Waals surface area (Å²) in [6, 6.07) is 17.8. The van der Waals surface area contributed by atoms with E-state index >= 15 is 0 Å². The smallest absolute Gasteiger partial charge is 0.228 e. The first-order valence-corrected chi connectivity index (χ1v) is 12.4. The number of nitrogens with zero attached hydrogens (tertiary/aromatic N) is 2. The van der Waals surface area contributed by atoms with Crippen LogP contribution in [0.4, 0.5) is 0 Å². The van der Waals surface area contributed by atoms with Crippen LogP contribution in [0.2, 0.25) is 0 Å². The van der Waals surface area contributed by atoms with E-state index in [0.717, 1.165) is 28.0 Å². The first kappa shape index (κ1) is 22.5. The minimum Gasteiger partial charge on any atom is -0.493 e. The van der Waals surface area contributed by atoms with Crippen LogP contribution in [0.5, 0.6) is 11.5 Å². The number of fused-ring (bicyclic) bond motifs is 1. The lowest BCUT2D eigenvalue weighted by atomic mass is 9.89. The molecule has 1 aromatic heterocycles. The zero-order valence-electron chi connectivity index (χ0n) is 19.4. The van der Waals surface area contributed by atoms with E-state index in [4.69, 9.17) is 9.47 Å². The molecule has 0 saturated carbocycles. The first-order valence-electron chi connectivity index (χ1n) is 11.5. The Hall–Kier alpha value is -3.32. The lowest BCUT2D eigenvalue weighted by Crippen LogP contribution is -2.44. The molecule has 3 aromatic rings. The molecule has 0 bridgehead atoms. The van der Waals surface area contributed by atoms with E-state index in [1.165, 1.54) is 0 Å². The molecule has 34 heavy (non-hydrogen) atoms. The van der Waals surface area contributed by atoms with Crippen molar-refractivity contribution in [3.63, 3.8) is 0 Å². The minimum absolute atomic E-state index is 0.0405. The Balaban J connectivity index is 1.43. The fourth-order valence-electron chi connectivity index (χ4n) is 5.07. The number of benzene rings is 2. The molecule has 1 fully saturated rings. The van der Waals surface area contributed by atoms with Gasteiger partial charge in [-0.3, -0.25) is 9.59 Å². The molecule has 2 aliphatic rings. The molecule has 1 saturated heterocycles. The van der Waals surface area contributed by atoms with Gasteiger partial charge in [-0.15, -0.1) is 11.3 Å².